The molecule has 1 N–H and O–H groups in total. The van der Waals surface area contributed by atoms with Crippen LogP contribution in [0.3, 0.4) is 0 Å². The summed E-state index contributed by atoms with van der Waals surface area (Å²) in [6.45, 7) is 3.17. The van der Waals surface area contributed by atoms with Crippen molar-refractivity contribution in [3.05, 3.63) is 76.2 Å². The predicted octanol–water partition coefficient (Wildman–Crippen LogP) is 4.30. The van der Waals surface area contributed by atoms with Gasteiger partial charge in [0, 0.05) is 5.70 Å². The predicted molar refractivity (Wildman–Crippen MR) is 103 cm³/mol. The first-order chi connectivity index (χ1) is 13.3. The summed E-state index contributed by atoms with van der Waals surface area (Å²) in [5.41, 5.74) is 0.722. The highest BCUT2D eigenvalue weighted by Crippen LogP contribution is 2.36. The van der Waals surface area contributed by atoms with Crippen LogP contribution in [0.25, 0.3) is 0 Å². The Bertz CT molecular complexity index is 987. The topological polar surface area (TPSA) is 41.6 Å². The molecule has 2 aromatic carbocycles. The van der Waals surface area contributed by atoms with Crippen molar-refractivity contribution >= 4 is 29.0 Å². The van der Waals surface area contributed by atoms with Crippen molar-refractivity contribution in [1.82, 2.24) is 5.32 Å². The molecule has 0 saturated heterocycles. The van der Waals surface area contributed by atoms with E-state index in [0.29, 0.717) is 11.3 Å². The molecule has 0 spiro atoms. The minimum Gasteiger partial charge on any atom is -0.466 e. The highest BCUT2D eigenvalue weighted by Gasteiger charge is 2.37. The van der Waals surface area contributed by atoms with Crippen LogP contribution < -0.4 is 10.2 Å². The number of thiocarbonyl (C=S) groups is 1. The monoisotopic (exact) mass is 406 g/mol. The number of halogens is 3. The first-order valence-corrected chi connectivity index (χ1v) is 8.76. The fourth-order valence-corrected chi connectivity index (χ4v) is 3.51. The lowest BCUT2D eigenvalue weighted by Crippen LogP contribution is -2.48. The van der Waals surface area contributed by atoms with E-state index in [1.54, 1.807) is 26.0 Å². The number of hydrogen-bond donors (Lipinski definition) is 1. The molecule has 146 valence electrons. The molecule has 0 fully saturated rings. The Morgan fingerprint density at radius 2 is 1.75 bits per heavy atom. The van der Waals surface area contributed by atoms with Gasteiger partial charge in [0.25, 0.3) is 0 Å². The third kappa shape index (κ3) is 3.35. The van der Waals surface area contributed by atoms with Gasteiger partial charge in [-0.1, -0.05) is 12.1 Å². The molecular formula is C20H17F3N2O2S. The summed E-state index contributed by atoms with van der Waals surface area (Å²) < 4.78 is 47.7. The van der Waals surface area contributed by atoms with Gasteiger partial charge in [0.2, 0.25) is 0 Å². The molecule has 1 aliphatic heterocycles. The van der Waals surface area contributed by atoms with E-state index < -0.39 is 29.5 Å². The van der Waals surface area contributed by atoms with Gasteiger partial charge in [0.05, 0.1) is 30.0 Å². The number of aryl methyl sites for hydroxylation is 1. The average molecular weight is 406 g/mol. The maximum atomic E-state index is 14.4. The van der Waals surface area contributed by atoms with Crippen LogP contribution in [0.5, 0.6) is 0 Å². The summed E-state index contributed by atoms with van der Waals surface area (Å²) >= 11 is 5.36. The van der Waals surface area contributed by atoms with Crippen LogP contribution in [0.4, 0.5) is 18.9 Å². The van der Waals surface area contributed by atoms with Crippen molar-refractivity contribution in [2.24, 2.45) is 0 Å². The van der Waals surface area contributed by atoms with E-state index in [1.165, 1.54) is 24.1 Å². The smallest absolute Gasteiger partial charge is 0.337 e. The Labute approximate surface area is 165 Å². The molecule has 0 bridgehead atoms. The van der Waals surface area contributed by atoms with E-state index in [4.69, 9.17) is 17.0 Å². The lowest BCUT2D eigenvalue weighted by Gasteiger charge is -2.37. The maximum Gasteiger partial charge on any atom is 0.337 e. The van der Waals surface area contributed by atoms with E-state index in [2.05, 4.69) is 5.32 Å². The second kappa shape index (κ2) is 7.63. The molecule has 0 radical (unpaired) electrons. The fraction of sp³-hybridized carbons (Fsp3) is 0.200. The average Bonchev–Trinajstić information content (AvgIpc) is 2.64. The van der Waals surface area contributed by atoms with E-state index in [9.17, 15) is 18.0 Å². The number of anilines is 1. The number of methoxy groups -OCH3 is 1. The fourth-order valence-electron chi connectivity index (χ4n) is 3.15. The number of hydrogen-bond acceptors (Lipinski definition) is 3. The number of ether oxygens (including phenoxy) is 1. The number of nitrogens with zero attached hydrogens (tertiary/aromatic N) is 1. The van der Waals surface area contributed by atoms with Crippen LogP contribution in [-0.2, 0) is 9.53 Å². The summed E-state index contributed by atoms with van der Waals surface area (Å²) in [7, 11) is 1.17. The maximum absolute atomic E-state index is 14.4. The first kappa shape index (κ1) is 19.9. The molecular weight excluding hydrogens is 389 g/mol. The summed E-state index contributed by atoms with van der Waals surface area (Å²) in [6.07, 6.45) is 0. The van der Waals surface area contributed by atoms with Gasteiger partial charge in [0.1, 0.15) is 17.5 Å². The molecule has 1 atom stereocenters. The molecule has 28 heavy (non-hydrogen) atoms. The van der Waals surface area contributed by atoms with E-state index >= 15 is 0 Å². The zero-order valence-corrected chi connectivity index (χ0v) is 16.2. The van der Waals surface area contributed by atoms with Gasteiger partial charge in [-0.05, 0) is 55.9 Å². The number of rotatable bonds is 3. The summed E-state index contributed by atoms with van der Waals surface area (Å²) in [6, 6.07) is 6.70. The number of esters is 1. The number of nitrogens with one attached hydrogen (secondary N) is 1. The van der Waals surface area contributed by atoms with Crippen molar-refractivity contribution in [3.8, 4) is 0 Å². The van der Waals surface area contributed by atoms with E-state index in [-0.39, 0.29) is 21.9 Å². The number of allylic oxidation sites excluding steroid dienone is 1. The van der Waals surface area contributed by atoms with Gasteiger partial charge in [-0.25, -0.2) is 18.0 Å². The van der Waals surface area contributed by atoms with Crippen LogP contribution in [-0.4, -0.2) is 18.2 Å². The molecule has 0 amide bonds. The molecule has 4 nitrogen and oxygen atoms in total. The quantitative estimate of drug-likeness (QED) is 0.608. The molecule has 0 saturated carbocycles. The van der Waals surface area contributed by atoms with Crippen LogP contribution in [0.2, 0.25) is 0 Å². The SMILES string of the molecule is COC(=O)C1=C(C)N(c2ccc(C)c(F)c2)C(=S)N[C@@H]1c1c(F)cccc1F. The molecule has 1 heterocycles. The summed E-state index contributed by atoms with van der Waals surface area (Å²) in [5, 5.41) is 2.86. The summed E-state index contributed by atoms with van der Waals surface area (Å²) in [4.78, 5) is 13.9. The Hall–Kier alpha value is -2.87. The van der Waals surface area contributed by atoms with Crippen molar-refractivity contribution in [2.45, 2.75) is 19.9 Å². The second-order valence-electron chi connectivity index (χ2n) is 6.28. The molecule has 2 aromatic rings. The molecule has 8 heteroatoms. The number of benzene rings is 2. The van der Waals surface area contributed by atoms with Crippen LogP contribution in [0.1, 0.15) is 24.1 Å². The van der Waals surface area contributed by atoms with Crippen molar-refractivity contribution in [2.75, 3.05) is 12.0 Å². The van der Waals surface area contributed by atoms with Gasteiger partial charge in [0.15, 0.2) is 5.11 Å². The number of carbonyl (C=O) groups excluding carboxylic acids is 1. The third-order valence-corrected chi connectivity index (χ3v) is 4.89. The number of carbonyl (C=O) groups is 1. The minimum atomic E-state index is -1.19. The standard InChI is InChI=1S/C20H17F3N2O2S/c1-10-7-8-12(9-15(10)23)25-11(2)16(19(26)27-3)18(24-20(25)28)17-13(21)5-4-6-14(17)22/h4-9,18H,1-3H3,(H,24,28)/t18-/m0/s1. The Morgan fingerprint density at radius 1 is 1.11 bits per heavy atom. The molecule has 0 aliphatic carbocycles. The zero-order valence-electron chi connectivity index (χ0n) is 15.3. The van der Waals surface area contributed by atoms with Gasteiger partial charge < -0.3 is 10.1 Å². The Kier molecular flexibility index (Phi) is 5.42. The van der Waals surface area contributed by atoms with Crippen LogP contribution >= 0.6 is 12.2 Å². The minimum absolute atomic E-state index is 0.0268. The zero-order chi connectivity index (χ0) is 20.6. The lowest BCUT2D eigenvalue weighted by molar-refractivity contribution is -0.136. The lowest BCUT2D eigenvalue weighted by atomic mass is 9.94. The molecule has 3 rings (SSSR count). The van der Waals surface area contributed by atoms with Gasteiger partial charge >= 0.3 is 5.97 Å². The van der Waals surface area contributed by atoms with Gasteiger partial charge in [-0.3, -0.25) is 4.90 Å². The Balaban J connectivity index is 2.21. The van der Waals surface area contributed by atoms with E-state index in [0.717, 1.165) is 12.1 Å². The Morgan fingerprint density at radius 3 is 2.32 bits per heavy atom. The second-order valence-corrected chi connectivity index (χ2v) is 6.66. The van der Waals surface area contributed by atoms with Gasteiger partial charge in [-0.2, -0.15) is 0 Å². The van der Waals surface area contributed by atoms with Gasteiger partial charge in [-0.15, -0.1) is 0 Å². The molecule has 0 unspecified atom stereocenters. The molecule has 0 aromatic heterocycles. The third-order valence-electron chi connectivity index (χ3n) is 4.59. The van der Waals surface area contributed by atoms with Crippen molar-refractivity contribution < 1.29 is 22.7 Å². The van der Waals surface area contributed by atoms with E-state index in [1.807, 2.05) is 0 Å². The first-order valence-electron chi connectivity index (χ1n) is 8.36. The van der Waals surface area contributed by atoms with Crippen molar-refractivity contribution in [3.63, 3.8) is 0 Å². The van der Waals surface area contributed by atoms with Crippen molar-refractivity contribution in [1.29, 1.82) is 0 Å². The van der Waals surface area contributed by atoms with Crippen LogP contribution in [0.15, 0.2) is 47.7 Å². The normalized spacial score (nSPS) is 16.9. The highest BCUT2D eigenvalue weighted by atomic mass is 32.1. The highest BCUT2D eigenvalue weighted by molar-refractivity contribution is 7.80. The largest absolute Gasteiger partial charge is 0.466 e. The summed E-state index contributed by atoms with van der Waals surface area (Å²) in [5.74, 6) is -2.89. The van der Waals surface area contributed by atoms with Crippen LogP contribution in [0, 0.1) is 24.4 Å². The molecule has 1 aliphatic rings.